The summed E-state index contributed by atoms with van der Waals surface area (Å²) in [4.78, 5) is 36.4. The number of unbranched alkanes of at least 4 members (excludes halogenated alkanes) is 7. The molecule has 1 N–H and O–H groups in total. The number of aliphatic carboxylic acids is 1. The first kappa shape index (κ1) is 39.5. The molecule has 0 aromatic carbocycles. The molecule has 0 spiro atoms. The second-order valence-corrected chi connectivity index (χ2v) is 11.7. The summed E-state index contributed by atoms with van der Waals surface area (Å²) in [5.41, 5.74) is 0. The normalized spacial score (nSPS) is 13.6. The van der Waals surface area contributed by atoms with Crippen molar-refractivity contribution in [2.45, 2.75) is 122 Å². The van der Waals surface area contributed by atoms with E-state index in [1.807, 2.05) is 21.1 Å². The summed E-state index contributed by atoms with van der Waals surface area (Å²) < 4.78 is 17.0. The summed E-state index contributed by atoms with van der Waals surface area (Å²) in [6.07, 6.45) is 25.0. The van der Waals surface area contributed by atoms with Crippen LogP contribution < -0.4 is 0 Å². The van der Waals surface area contributed by atoms with Crippen LogP contribution in [0, 0.1) is 0 Å². The van der Waals surface area contributed by atoms with Crippen LogP contribution in [0.1, 0.15) is 110 Å². The van der Waals surface area contributed by atoms with Gasteiger partial charge in [0.15, 0.2) is 12.1 Å². The van der Waals surface area contributed by atoms with Gasteiger partial charge in [0.25, 0.3) is 0 Å². The number of esters is 2. The number of nitrogens with zero attached hydrogens (tertiary/aromatic N) is 1. The lowest BCUT2D eigenvalue weighted by Gasteiger charge is -2.31. The number of hydrogen-bond acceptors (Lipinski definition) is 6. The van der Waals surface area contributed by atoms with Crippen LogP contribution in [-0.2, 0) is 28.6 Å². The Labute approximate surface area is 255 Å². The third-order valence-electron chi connectivity index (χ3n) is 6.80. The molecule has 0 fully saturated rings. The number of carbonyl (C=O) groups excluding carboxylic acids is 2. The van der Waals surface area contributed by atoms with E-state index in [-0.39, 0.29) is 42.7 Å². The molecule has 0 radical (unpaired) electrons. The predicted octanol–water partition coefficient (Wildman–Crippen LogP) is 7.18. The average molecular weight is 595 g/mol. The fraction of sp³-hybridized carbons (Fsp3) is 0.735. The van der Waals surface area contributed by atoms with E-state index >= 15 is 0 Å². The van der Waals surface area contributed by atoms with Crippen LogP contribution in [0.4, 0.5) is 0 Å². The van der Waals surface area contributed by atoms with Crippen molar-refractivity contribution in [2.24, 2.45) is 0 Å². The first-order chi connectivity index (χ1) is 20.1. The molecule has 0 saturated heterocycles. The van der Waals surface area contributed by atoms with Gasteiger partial charge in [-0.2, -0.15) is 0 Å². The molecule has 8 heteroatoms. The monoisotopic (exact) mass is 594 g/mol. The molecular formula is C34H60NO7+. The number of hydrogen-bond donors (Lipinski definition) is 1. The van der Waals surface area contributed by atoms with Crippen LogP contribution in [-0.4, -0.2) is 80.6 Å². The Bertz CT molecular complexity index is 798. The molecule has 2 atom stereocenters. The molecule has 42 heavy (non-hydrogen) atoms. The zero-order chi connectivity index (χ0) is 31.5. The highest BCUT2D eigenvalue weighted by Crippen LogP contribution is 2.11. The smallest absolute Gasteiger partial charge is 0.362 e. The van der Waals surface area contributed by atoms with Gasteiger partial charge in [0.05, 0.1) is 34.4 Å². The topological polar surface area (TPSA) is 99.1 Å². The molecule has 0 heterocycles. The van der Waals surface area contributed by atoms with E-state index in [1.165, 1.54) is 25.7 Å². The first-order valence-corrected chi connectivity index (χ1v) is 16.0. The largest absolute Gasteiger partial charge is 0.477 e. The van der Waals surface area contributed by atoms with Gasteiger partial charge < -0.3 is 23.8 Å². The number of carboxylic acid groups (broad SMARTS) is 1. The van der Waals surface area contributed by atoms with Gasteiger partial charge in [-0.15, -0.1) is 0 Å². The maximum absolute atomic E-state index is 12.5. The minimum atomic E-state index is -0.885. The van der Waals surface area contributed by atoms with E-state index in [9.17, 15) is 19.5 Å². The van der Waals surface area contributed by atoms with Gasteiger partial charge in [-0.3, -0.25) is 9.59 Å². The maximum Gasteiger partial charge on any atom is 0.362 e. The molecular weight excluding hydrogens is 534 g/mol. The zero-order valence-corrected chi connectivity index (χ0v) is 27.2. The van der Waals surface area contributed by atoms with Gasteiger partial charge in [0.1, 0.15) is 6.61 Å². The summed E-state index contributed by atoms with van der Waals surface area (Å²) in [6, 6.07) is -0.617. The van der Waals surface area contributed by atoms with E-state index in [2.05, 4.69) is 50.3 Å². The molecule has 0 saturated carbocycles. The Morgan fingerprint density at radius 1 is 0.738 bits per heavy atom. The number of quaternary nitrogens is 1. The van der Waals surface area contributed by atoms with Gasteiger partial charge in [-0.25, -0.2) is 4.79 Å². The average Bonchev–Trinajstić information content (AvgIpc) is 2.92. The third kappa shape index (κ3) is 24.2. The van der Waals surface area contributed by atoms with E-state index in [1.54, 1.807) is 0 Å². The second kappa shape index (κ2) is 26.2. The number of carbonyl (C=O) groups is 3. The van der Waals surface area contributed by atoms with Gasteiger partial charge >= 0.3 is 17.9 Å². The summed E-state index contributed by atoms with van der Waals surface area (Å²) in [5, 5.41) is 9.52. The molecule has 0 bridgehead atoms. The lowest BCUT2D eigenvalue weighted by Crippen LogP contribution is -2.50. The molecule has 0 aliphatic rings. The molecule has 8 nitrogen and oxygen atoms in total. The van der Waals surface area contributed by atoms with Crippen molar-refractivity contribution in [1.82, 2.24) is 0 Å². The van der Waals surface area contributed by atoms with Gasteiger partial charge in [0.2, 0.25) is 0 Å². The molecule has 0 aromatic heterocycles. The van der Waals surface area contributed by atoms with Crippen molar-refractivity contribution in [2.75, 3.05) is 41.0 Å². The van der Waals surface area contributed by atoms with Crippen LogP contribution in [0.25, 0.3) is 0 Å². The fourth-order valence-electron chi connectivity index (χ4n) is 4.29. The van der Waals surface area contributed by atoms with Crippen molar-refractivity contribution in [3.63, 3.8) is 0 Å². The lowest BCUT2D eigenvalue weighted by molar-refractivity contribution is -0.887. The van der Waals surface area contributed by atoms with Crippen molar-refractivity contribution in [3.05, 3.63) is 36.5 Å². The van der Waals surface area contributed by atoms with Crippen LogP contribution in [0.15, 0.2) is 36.5 Å². The molecule has 242 valence electrons. The maximum atomic E-state index is 12.5. The minimum absolute atomic E-state index is 0.0456. The summed E-state index contributed by atoms with van der Waals surface area (Å²) in [5.74, 6) is -1.55. The van der Waals surface area contributed by atoms with Crippen molar-refractivity contribution in [1.29, 1.82) is 0 Å². The molecule has 0 aliphatic heterocycles. The Morgan fingerprint density at radius 2 is 1.33 bits per heavy atom. The SMILES string of the molecule is CC/C=C/C/C=C/C/C=C/CCCC(=O)OCC(COCCC(C(=O)O)[N+](C)(C)C)OC(=O)CCCCCCCCC. The van der Waals surface area contributed by atoms with E-state index in [0.29, 0.717) is 19.3 Å². The second-order valence-electron chi connectivity index (χ2n) is 11.7. The van der Waals surface area contributed by atoms with Crippen LogP contribution in [0.2, 0.25) is 0 Å². The van der Waals surface area contributed by atoms with Crippen molar-refractivity contribution >= 4 is 17.9 Å². The first-order valence-electron chi connectivity index (χ1n) is 16.0. The van der Waals surface area contributed by atoms with Crippen molar-refractivity contribution in [3.8, 4) is 0 Å². The lowest BCUT2D eigenvalue weighted by atomic mass is 10.1. The van der Waals surface area contributed by atoms with Crippen molar-refractivity contribution < 1.29 is 38.2 Å². The summed E-state index contributed by atoms with van der Waals surface area (Å²) >= 11 is 0. The zero-order valence-electron chi connectivity index (χ0n) is 27.2. The minimum Gasteiger partial charge on any atom is -0.477 e. The summed E-state index contributed by atoms with van der Waals surface area (Å²) in [7, 11) is 5.48. The predicted molar refractivity (Wildman–Crippen MR) is 169 cm³/mol. The Kier molecular flexibility index (Phi) is 24.7. The Morgan fingerprint density at radius 3 is 1.95 bits per heavy atom. The molecule has 2 unspecified atom stereocenters. The molecule has 0 amide bonds. The molecule has 0 aliphatic carbocycles. The number of rotatable bonds is 27. The van der Waals surface area contributed by atoms with E-state index in [4.69, 9.17) is 14.2 Å². The standard InChI is InChI=1S/C34H59NO7/c1-6-8-10-12-14-15-16-17-19-20-22-24-32(36)41-29-30(28-40-27-26-31(34(38)39)35(3,4)5)42-33(37)25-23-21-18-13-11-9-7-2/h8,10,14-15,17,19,30-31H,6-7,9,11-13,16,18,20-29H2,1-5H3/p+1/b10-8+,15-14+,19-17+. The van der Waals surface area contributed by atoms with E-state index < -0.39 is 18.1 Å². The number of carboxylic acids is 1. The highest BCUT2D eigenvalue weighted by atomic mass is 16.6. The number of likely N-dealkylation sites (N-methyl/N-ethyl adjacent to an activating group) is 1. The van der Waals surface area contributed by atoms with Gasteiger partial charge in [-0.1, -0.05) is 88.8 Å². The Hall–Kier alpha value is -2.45. The Balaban J connectivity index is 4.57. The highest BCUT2D eigenvalue weighted by Gasteiger charge is 2.31. The van der Waals surface area contributed by atoms with Gasteiger partial charge in [0, 0.05) is 19.3 Å². The third-order valence-corrected chi connectivity index (χ3v) is 6.80. The number of ether oxygens (including phenoxy) is 3. The van der Waals surface area contributed by atoms with Gasteiger partial charge in [-0.05, 0) is 38.5 Å². The fourth-order valence-corrected chi connectivity index (χ4v) is 4.29. The van der Waals surface area contributed by atoms with E-state index in [0.717, 1.165) is 44.9 Å². The van der Waals surface area contributed by atoms with Crippen LogP contribution in [0.5, 0.6) is 0 Å². The van der Waals surface area contributed by atoms with Crippen LogP contribution in [0.3, 0.4) is 0 Å². The highest BCUT2D eigenvalue weighted by molar-refractivity contribution is 5.72. The number of allylic oxidation sites excluding steroid dienone is 6. The molecule has 0 aromatic rings. The quantitative estimate of drug-likeness (QED) is 0.0465. The summed E-state index contributed by atoms with van der Waals surface area (Å²) in [6.45, 7) is 4.47. The molecule has 0 rings (SSSR count). The van der Waals surface area contributed by atoms with Crippen LogP contribution >= 0.6 is 0 Å².